The molecule has 0 spiro atoms. The Hall–Kier alpha value is -3.34. The molecule has 1 aromatic heterocycles. The van der Waals surface area contributed by atoms with Crippen LogP contribution in [0.1, 0.15) is 38.4 Å². The van der Waals surface area contributed by atoms with E-state index in [1.807, 2.05) is 54.1 Å². The summed E-state index contributed by atoms with van der Waals surface area (Å²) >= 11 is 0. The number of benzene rings is 2. The van der Waals surface area contributed by atoms with Gasteiger partial charge in [0.05, 0.1) is 17.9 Å². The van der Waals surface area contributed by atoms with E-state index in [1.54, 1.807) is 12.1 Å². The van der Waals surface area contributed by atoms with Gasteiger partial charge in [0.2, 0.25) is 5.78 Å². The normalized spacial score (nSPS) is 10.6. The van der Waals surface area contributed by atoms with Crippen molar-refractivity contribution in [1.29, 1.82) is 0 Å². The summed E-state index contributed by atoms with van der Waals surface area (Å²) in [6, 6.07) is 17.6. The molecule has 2 aromatic carbocycles. The molecule has 0 aliphatic carbocycles. The van der Waals surface area contributed by atoms with Gasteiger partial charge in [0.1, 0.15) is 5.75 Å². The van der Waals surface area contributed by atoms with Crippen LogP contribution in [0.5, 0.6) is 5.75 Å². The van der Waals surface area contributed by atoms with Gasteiger partial charge in [0.25, 0.3) is 0 Å². The zero-order valence-electron chi connectivity index (χ0n) is 15.1. The van der Waals surface area contributed by atoms with Gasteiger partial charge in [-0.25, -0.2) is 4.79 Å². The highest BCUT2D eigenvalue weighted by atomic mass is 16.5. The lowest BCUT2D eigenvalue weighted by atomic mass is 10.1. The summed E-state index contributed by atoms with van der Waals surface area (Å²) in [6.45, 7) is 3.06. The number of carboxylic acid groups (broad SMARTS) is 1. The average molecular weight is 363 g/mol. The molecule has 0 unspecified atom stereocenters. The van der Waals surface area contributed by atoms with E-state index in [9.17, 15) is 9.59 Å². The molecule has 0 aliphatic rings. The maximum absolute atomic E-state index is 12.7. The fourth-order valence-corrected chi connectivity index (χ4v) is 2.81. The topological polar surface area (TPSA) is 68.5 Å². The standard InChI is InChI=1S/C22H21NO4/c1-16-8-10-17(11-9-16)21(24)20-7-3-12-23(20)13-4-14-27-19-6-2-5-18(15-19)22(25)26/h2-3,5-12,15H,4,13-14H2,1H3,(H,25,26). The third-order valence-electron chi connectivity index (χ3n) is 4.27. The second kappa shape index (κ2) is 8.36. The lowest BCUT2D eigenvalue weighted by Crippen LogP contribution is -2.11. The van der Waals surface area contributed by atoms with Crippen molar-refractivity contribution in [3.63, 3.8) is 0 Å². The minimum atomic E-state index is -0.980. The summed E-state index contributed by atoms with van der Waals surface area (Å²) in [5, 5.41) is 9.01. The van der Waals surface area contributed by atoms with Gasteiger partial charge >= 0.3 is 5.97 Å². The molecule has 0 atom stereocenters. The van der Waals surface area contributed by atoms with Crippen LogP contribution >= 0.6 is 0 Å². The number of nitrogens with zero attached hydrogens (tertiary/aromatic N) is 1. The van der Waals surface area contributed by atoms with E-state index < -0.39 is 5.97 Å². The minimum absolute atomic E-state index is 0.00456. The van der Waals surface area contributed by atoms with E-state index in [1.165, 1.54) is 12.1 Å². The molecule has 0 saturated heterocycles. The van der Waals surface area contributed by atoms with E-state index in [2.05, 4.69) is 0 Å². The van der Waals surface area contributed by atoms with E-state index in [0.29, 0.717) is 36.6 Å². The molecule has 0 amide bonds. The van der Waals surface area contributed by atoms with Gasteiger partial charge < -0.3 is 14.4 Å². The highest BCUT2D eigenvalue weighted by molar-refractivity contribution is 6.08. The number of hydrogen-bond donors (Lipinski definition) is 1. The third-order valence-corrected chi connectivity index (χ3v) is 4.27. The third kappa shape index (κ3) is 4.64. The average Bonchev–Trinajstić information content (AvgIpc) is 3.14. The number of aromatic nitrogens is 1. The number of hydrogen-bond acceptors (Lipinski definition) is 3. The molecule has 3 rings (SSSR count). The molecule has 1 N–H and O–H groups in total. The summed E-state index contributed by atoms with van der Waals surface area (Å²) in [7, 11) is 0. The second-order valence-corrected chi connectivity index (χ2v) is 6.32. The quantitative estimate of drug-likeness (QED) is 0.481. The van der Waals surface area contributed by atoms with Gasteiger partial charge in [-0.15, -0.1) is 0 Å². The summed E-state index contributed by atoms with van der Waals surface area (Å²) in [6.07, 6.45) is 2.58. The molecule has 5 heteroatoms. The lowest BCUT2D eigenvalue weighted by Gasteiger charge is -2.10. The first kappa shape index (κ1) is 18.5. The van der Waals surface area contributed by atoms with E-state index >= 15 is 0 Å². The van der Waals surface area contributed by atoms with Crippen LogP contribution in [0.4, 0.5) is 0 Å². The highest BCUT2D eigenvalue weighted by Gasteiger charge is 2.13. The largest absolute Gasteiger partial charge is 0.494 e. The Morgan fingerprint density at radius 1 is 1.00 bits per heavy atom. The van der Waals surface area contributed by atoms with E-state index in [4.69, 9.17) is 9.84 Å². The van der Waals surface area contributed by atoms with Crippen LogP contribution in [0, 0.1) is 6.92 Å². The van der Waals surface area contributed by atoms with Crippen LogP contribution in [0.2, 0.25) is 0 Å². The maximum Gasteiger partial charge on any atom is 0.335 e. The summed E-state index contributed by atoms with van der Waals surface area (Å²) in [5.74, 6) is -0.458. The van der Waals surface area contributed by atoms with Gasteiger partial charge in [-0.3, -0.25) is 4.79 Å². The van der Waals surface area contributed by atoms with Crippen LogP contribution in [0.15, 0.2) is 66.9 Å². The van der Waals surface area contributed by atoms with Gasteiger partial charge in [0.15, 0.2) is 0 Å². The van der Waals surface area contributed by atoms with Crippen molar-refractivity contribution in [3.8, 4) is 5.75 Å². The number of aryl methyl sites for hydroxylation is 2. The Bertz CT molecular complexity index is 941. The van der Waals surface area contributed by atoms with Crippen molar-refractivity contribution in [2.45, 2.75) is 19.9 Å². The summed E-state index contributed by atoms with van der Waals surface area (Å²) < 4.78 is 7.55. The zero-order valence-corrected chi connectivity index (χ0v) is 15.1. The van der Waals surface area contributed by atoms with Gasteiger partial charge in [-0.2, -0.15) is 0 Å². The SMILES string of the molecule is Cc1ccc(C(=O)c2cccn2CCCOc2cccc(C(=O)O)c2)cc1. The lowest BCUT2D eigenvalue weighted by molar-refractivity contribution is 0.0696. The van der Waals surface area contributed by atoms with Crippen LogP contribution in [-0.2, 0) is 6.54 Å². The second-order valence-electron chi connectivity index (χ2n) is 6.32. The molecule has 0 radical (unpaired) electrons. The van der Waals surface area contributed by atoms with Crippen molar-refractivity contribution in [1.82, 2.24) is 4.57 Å². The molecule has 1 heterocycles. The Balaban J connectivity index is 1.57. The molecule has 0 bridgehead atoms. The fraction of sp³-hybridized carbons (Fsp3) is 0.182. The van der Waals surface area contributed by atoms with Gasteiger partial charge in [-0.05, 0) is 43.7 Å². The van der Waals surface area contributed by atoms with Crippen LogP contribution in [-0.4, -0.2) is 28.0 Å². The molecule has 0 fully saturated rings. The molecular weight excluding hydrogens is 342 g/mol. The predicted octanol–water partition coefficient (Wildman–Crippen LogP) is 4.19. The van der Waals surface area contributed by atoms with E-state index in [-0.39, 0.29) is 11.3 Å². The molecule has 138 valence electrons. The van der Waals surface area contributed by atoms with Crippen LogP contribution in [0.25, 0.3) is 0 Å². The zero-order chi connectivity index (χ0) is 19.2. The molecule has 3 aromatic rings. The number of carbonyl (C=O) groups excluding carboxylic acids is 1. The molecule has 0 aliphatic heterocycles. The van der Waals surface area contributed by atoms with Crippen molar-refractivity contribution in [2.75, 3.05) is 6.61 Å². The monoisotopic (exact) mass is 363 g/mol. The number of rotatable bonds is 8. The Labute approximate surface area is 157 Å². The number of carbonyl (C=O) groups is 2. The Morgan fingerprint density at radius 3 is 2.52 bits per heavy atom. The fourth-order valence-electron chi connectivity index (χ4n) is 2.81. The molecule has 0 saturated carbocycles. The first-order valence-corrected chi connectivity index (χ1v) is 8.77. The first-order chi connectivity index (χ1) is 13.0. The molecule has 5 nitrogen and oxygen atoms in total. The number of aromatic carboxylic acids is 1. The minimum Gasteiger partial charge on any atom is -0.494 e. The van der Waals surface area contributed by atoms with Gasteiger partial charge in [-0.1, -0.05) is 35.9 Å². The Kier molecular flexibility index (Phi) is 5.71. The van der Waals surface area contributed by atoms with Crippen LogP contribution in [0.3, 0.4) is 0 Å². The summed E-state index contributed by atoms with van der Waals surface area (Å²) in [4.78, 5) is 23.7. The van der Waals surface area contributed by atoms with Gasteiger partial charge in [0, 0.05) is 18.3 Å². The predicted molar refractivity (Wildman–Crippen MR) is 103 cm³/mol. The maximum atomic E-state index is 12.7. The summed E-state index contributed by atoms with van der Waals surface area (Å²) in [5.41, 5.74) is 2.63. The molecular formula is C22H21NO4. The first-order valence-electron chi connectivity index (χ1n) is 8.77. The number of carboxylic acids is 1. The molecule has 27 heavy (non-hydrogen) atoms. The van der Waals surface area contributed by atoms with E-state index in [0.717, 1.165) is 5.56 Å². The van der Waals surface area contributed by atoms with Crippen molar-refractivity contribution >= 4 is 11.8 Å². The highest BCUT2D eigenvalue weighted by Crippen LogP contribution is 2.15. The van der Waals surface area contributed by atoms with Crippen molar-refractivity contribution < 1.29 is 19.4 Å². The number of ketones is 1. The number of ether oxygens (including phenoxy) is 1. The van der Waals surface area contributed by atoms with Crippen molar-refractivity contribution in [3.05, 3.63) is 89.2 Å². The smallest absolute Gasteiger partial charge is 0.335 e. The Morgan fingerprint density at radius 2 is 1.78 bits per heavy atom. The van der Waals surface area contributed by atoms with Crippen molar-refractivity contribution in [2.24, 2.45) is 0 Å². The van der Waals surface area contributed by atoms with Crippen LogP contribution < -0.4 is 4.74 Å².